The Morgan fingerprint density at radius 3 is 2.81 bits per heavy atom. The maximum absolute atomic E-state index is 13.4. The Hall–Kier alpha value is -4.22. The van der Waals surface area contributed by atoms with Crippen LogP contribution >= 0.6 is 0 Å². The van der Waals surface area contributed by atoms with Gasteiger partial charge in [0.2, 0.25) is 0 Å². The number of nitrogens with zero attached hydrogens (tertiary/aromatic N) is 5. The van der Waals surface area contributed by atoms with Crippen molar-refractivity contribution in [2.45, 2.75) is 31.8 Å². The topological polar surface area (TPSA) is 101 Å². The van der Waals surface area contributed by atoms with Crippen molar-refractivity contribution in [3.8, 4) is 17.3 Å². The molecule has 8 nitrogen and oxygen atoms in total. The number of amides is 2. The lowest BCUT2D eigenvalue weighted by atomic mass is 9.92. The summed E-state index contributed by atoms with van der Waals surface area (Å²) in [6.45, 7) is 4.79. The minimum atomic E-state index is -0.0839. The number of rotatable bonds is 5. The highest BCUT2D eigenvalue weighted by molar-refractivity contribution is 6.00. The van der Waals surface area contributed by atoms with E-state index in [0.717, 1.165) is 52.2 Å². The first kappa shape index (κ1) is 22.3. The molecule has 2 aromatic carbocycles. The van der Waals surface area contributed by atoms with Crippen molar-refractivity contribution in [3.63, 3.8) is 0 Å². The smallest absolute Gasteiger partial charge is 0.315 e. The monoisotopic (exact) mass is 477 g/mol. The van der Waals surface area contributed by atoms with Crippen molar-refractivity contribution in [2.75, 3.05) is 25.0 Å². The van der Waals surface area contributed by atoms with Gasteiger partial charge in [-0.1, -0.05) is 30.3 Å². The summed E-state index contributed by atoms with van der Waals surface area (Å²) in [6, 6.07) is 20.7. The van der Waals surface area contributed by atoms with E-state index in [-0.39, 0.29) is 18.0 Å². The minimum absolute atomic E-state index is 0.0154. The van der Waals surface area contributed by atoms with Crippen LogP contribution in [0.1, 0.15) is 29.2 Å². The van der Waals surface area contributed by atoms with Crippen molar-refractivity contribution in [2.24, 2.45) is 0 Å². The number of benzene rings is 2. The van der Waals surface area contributed by atoms with E-state index in [1.165, 1.54) is 5.56 Å². The van der Waals surface area contributed by atoms with Gasteiger partial charge in [-0.15, -0.1) is 0 Å². The summed E-state index contributed by atoms with van der Waals surface area (Å²) < 4.78 is 0. The average Bonchev–Trinajstić information content (AvgIpc) is 3.50. The predicted octanol–water partition coefficient (Wildman–Crippen LogP) is 4.66. The molecule has 4 aromatic rings. The molecule has 2 N–H and O–H groups in total. The van der Waals surface area contributed by atoms with Gasteiger partial charge in [-0.05, 0) is 42.3 Å². The van der Waals surface area contributed by atoms with Crippen LogP contribution in [0.4, 0.5) is 10.5 Å². The molecular formula is C28H27N7O. The number of aromatic amines is 1. The fourth-order valence-corrected chi connectivity index (χ4v) is 5.58. The molecule has 0 aliphatic carbocycles. The summed E-state index contributed by atoms with van der Waals surface area (Å²) in [6.07, 6.45) is 2.28. The summed E-state index contributed by atoms with van der Waals surface area (Å²) >= 11 is 0. The number of likely N-dealkylation sites (tertiary alicyclic amines) is 1. The zero-order chi connectivity index (χ0) is 24.6. The zero-order valence-electron chi connectivity index (χ0n) is 20.1. The fraction of sp³-hybridized carbons (Fsp3) is 0.286. The normalized spacial score (nSPS) is 19.8. The maximum Gasteiger partial charge on any atom is 0.322 e. The highest BCUT2D eigenvalue weighted by Crippen LogP contribution is 2.37. The number of nitrogens with one attached hydrogen (secondary N) is 2. The number of anilines is 1. The van der Waals surface area contributed by atoms with Crippen LogP contribution in [0.5, 0.6) is 0 Å². The summed E-state index contributed by atoms with van der Waals surface area (Å²) in [7, 11) is 0. The van der Waals surface area contributed by atoms with Gasteiger partial charge in [0.25, 0.3) is 0 Å². The van der Waals surface area contributed by atoms with E-state index in [1.807, 2.05) is 48.2 Å². The summed E-state index contributed by atoms with van der Waals surface area (Å²) in [5, 5.41) is 20.9. The van der Waals surface area contributed by atoms with Crippen molar-refractivity contribution >= 4 is 22.6 Å². The van der Waals surface area contributed by atoms with E-state index in [1.54, 1.807) is 6.20 Å². The minimum Gasteiger partial charge on any atom is -0.315 e. The Morgan fingerprint density at radius 2 is 2.00 bits per heavy atom. The van der Waals surface area contributed by atoms with Crippen molar-refractivity contribution in [1.29, 1.82) is 5.26 Å². The highest BCUT2D eigenvalue weighted by Gasteiger charge is 2.41. The molecule has 0 spiro atoms. The van der Waals surface area contributed by atoms with Crippen LogP contribution in [0.2, 0.25) is 0 Å². The average molecular weight is 478 g/mol. The number of fused-ring (bicyclic) bond motifs is 2. The molecule has 0 bridgehead atoms. The van der Waals surface area contributed by atoms with Crippen LogP contribution in [-0.4, -0.2) is 56.7 Å². The van der Waals surface area contributed by atoms with E-state index in [4.69, 9.17) is 5.26 Å². The molecule has 4 heterocycles. The number of pyridine rings is 1. The van der Waals surface area contributed by atoms with E-state index >= 15 is 0 Å². The Morgan fingerprint density at radius 1 is 1.14 bits per heavy atom. The molecule has 6 rings (SSSR count). The lowest BCUT2D eigenvalue weighted by Crippen LogP contribution is -2.48. The number of aromatic nitrogens is 3. The lowest BCUT2D eigenvalue weighted by Gasteiger charge is -2.36. The van der Waals surface area contributed by atoms with Crippen molar-refractivity contribution in [1.82, 2.24) is 25.0 Å². The number of nitriles is 1. The quantitative estimate of drug-likeness (QED) is 0.435. The maximum atomic E-state index is 13.4. The van der Waals surface area contributed by atoms with Gasteiger partial charge < -0.3 is 10.2 Å². The van der Waals surface area contributed by atoms with Crippen LogP contribution in [-0.2, 0) is 6.54 Å². The molecule has 2 aliphatic rings. The first-order valence-electron chi connectivity index (χ1n) is 12.3. The molecule has 1 fully saturated rings. The fourth-order valence-electron chi connectivity index (χ4n) is 5.58. The van der Waals surface area contributed by atoms with Gasteiger partial charge in [-0.3, -0.25) is 15.0 Å². The van der Waals surface area contributed by atoms with Gasteiger partial charge in [0.15, 0.2) is 0 Å². The molecule has 2 amide bonds. The van der Waals surface area contributed by atoms with E-state index in [2.05, 4.69) is 49.7 Å². The summed E-state index contributed by atoms with van der Waals surface area (Å²) in [4.78, 5) is 21.9. The first-order chi connectivity index (χ1) is 17.6. The number of urea groups is 1. The van der Waals surface area contributed by atoms with E-state index in [0.29, 0.717) is 19.5 Å². The van der Waals surface area contributed by atoms with Gasteiger partial charge in [0, 0.05) is 67.0 Å². The molecule has 180 valence electrons. The molecule has 2 aliphatic heterocycles. The van der Waals surface area contributed by atoms with Gasteiger partial charge in [-0.2, -0.15) is 10.4 Å². The number of carbonyl (C=O) groups excluding carboxylic acids is 1. The number of aryl methyl sites for hydroxylation is 1. The van der Waals surface area contributed by atoms with Gasteiger partial charge in [0.1, 0.15) is 5.69 Å². The zero-order valence-corrected chi connectivity index (χ0v) is 20.1. The Labute approximate surface area is 209 Å². The third kappa shape index (κ3) is 3.97. The second-order valence-electron chi connectivity index (χ2n) is 9.62. The largest absolute Gasteiger partial charge is 0.322 e. The molecular weight excluding hydrogens is 450 g/mol. The third-order valence-electron chi connectivity index (χ3n) is 7.33. The number of hydrogen-bond donors (Lipinski definition) is 2. The Kier molecular flexibility index (Phi) is 5.62. The van der Waals surface area contributed by atoms with Gasteiger partial charge in [-0.25, -0.2) is 4.79 Å². The van der Waals surface area contributed by atoms with Crippen LogP contribution in [0.3, 0.4) is 0 Å². The standard InChI is InChI=1S/C28H27N7O/c1-18-12-20(8-10-30-18)27-22-13-21-15-35(28(36)31-24(21)14-25(22)32-33-27)26-17-34(11-5-9-29)16-23(26)19-6-3-2-4-7-19/h2-4,6-8,10,12-14,23,26H,5,11,15-17H2,1H3,(H,31,36)(H,32,33)/t23-,26+/m0/s1. The van der Waals surface area contributed by atoms with Crippen LogP contribution < -0.4 is 5.32 Å². The van der Waals surface area contributed by atoms with Crippen LogP contribution in [0.15, 0.2) is 60.8 Å². The number of carbonyl (C=O) groups is 1. The second kappa shape index (κ2) is 9.10. The second-order valence-corrected chi connectivity index (χ2v) is 9.62. The van der Waals surface area contributed by atoms with Crippen molar-refractivity contribution in [3.05, 3.63) is 77.6 Å². The van der Waals surface area contributed by atoms with Gasteiger partial charge >= 0.3 is 6.03 Å². The SMILES string of the molecule is Cc1cc(-c2n[nH]c3cc4c(cc23)CN([C@@H]2CN(CCC#N)C[C@H]2c2ccccc2)C(=O)N4)ccn1. The molecule has 36 heavy (non-hydrogen) atoms. The molecule has 2 atom stereocenters. The highest BCUT2D eigenvalue weighted by atomic mass is 16.2. The van der Waals surface area contributed by atoms with E-state index in [9.17, 15) is 4.79 Å². The lowest BCUT2D eigenvalue weighted by molar-refractivity contribution is 0.175. The summed E-state index contributed by atoms with van der Waals surface area (Å²) in [5.74, 6) is 0.185. The van der Waals surface area contributed by atoms with Crippen LogP contribution in [0, 0.1) is 18.3 Å². The molecule has 2 aromatic heterocycles. The number of hydrogen-bond acceptors (Lipinski definition) is 5. The Balaban J connectivity index is 1.35. The Bertz CT molecular complexity index is 1470. The molecule has 8 heteroatoms. The number of H-pyrrole nitrogens is 1. The molecule has 1 saturated heterocycles. The molecule has 0 radical (unpaired) electrons. The van der Waals surface area contributed by atoms with E-state index < -0.39 is 0 Å². The first-order valence-corrected chi connectivity index (χ1v) is 12.3. The third-order valence-corrected chi connectivity index (χ3v) is 7.33. The summed E-state index contributed by atoms with van der Waals surface area (Å²) in [5.41, 5.74) is 6.83. The van der Waals surface area contributed by atoms with Crippen LogP contribution in [0.25, 0.3) is 22.2 Å². The molecule has 0 saturated carbocycles. The predicted molar refractivity (Wildman–Crippen MR) is 138 cm³/mol. The molecule has 0 unspecified atom stereocenters. The van der Waals surface area contributed by atoms with Crippen molar-refractivity contribution < 1.29 is 4.79 Å². The van der Waals surface area contributed by atoms with Gasteiger partial charge in [0.05, 0.1) is 17.6 Å².